The maximum atomic E-state index is 12.7. The molecular weight excluding hydrogens is 378 g/mol. The van der Waals surface area contributed by atoms with Crippen molar-refractivity contribution in [3.8, 4) is 5.75 Å². The van der Waals surface area contributed by atoms with E-state index in [9.17, 15) is 9.59 Å². The summed E-state index contributed by atoms with van der Waals surface area (Å²) in [4.78, 5) is 28.3. The Labute approximate surface area is 180 Å². The van der Waals surface area contributed by atoms with Crippen molar-refractivity contribution in [2.75, 3.05) is 39.3 Å². The number of carbonyl (C=O) groups excluding carboxylic acids is 2. The average Bonchev–Trinajstić information content (AvgIpc) is 2.74. The Morgan fingerprint density at radius 1 is 1.07 bits per heavy atom. The zero-order chi connectivity index (χ0) is 21.2. The van der Waals surface area contributed by atoms with Crippen molar-refractivity contribution in [3.05, 3.63) is 29.8 Å². The van der Waals surface area contributed by atoms with Gasteiger partial charge in [0, 0.05) is 32.5 Å². The molecule has 3 rings (SSSR count). The van der Waals surface area contributed by atoms with E-state index in [-0.39, 0.29) is 11.8 Å². The van der Waals surface area contributed by atoms with Gasteiger partial charge in [0.15, 0.2) is 0 Å². The van der Waals surface area contributed by atoms with Crippen molar-refractivity contribution >= 4 is 11.8 Å². The molecular formula is C24H37N3O3. The van der Waals surface area contributed by atoms with E-state index in [1.54, 1.807) is 0 Å². The molecule has 2 aliphatic rings. The second-order valence-corrected chi connectivity index (χ2v) is 8.54. The summed E-state index contributed by atoms with van der Waals surface area (Å²) in [5, 5.41) is 2.72. The lowest BCUT2D eigenvalue weighted by atomic mass is 9.95. The van der Waals surface area contributed by atoms with Crippen LogP contribution in [0.2, 0.25) is 0 Å². The number of fused-ring (bicyclic) bond motifs is 3. The summed E-state index contributed by atoms with van der Waals surface area (Å²) in [6.45, 7) is 6.01. The van der Waals surface area contributed by atoms with Gasteiger partial charge >= 0.3 is 0 Å². The molecule has 2 heterocycles. The Morgan fingerprint density at radius 3 is 2.70 bits per heavy atom. The molecule has 2 aliphatic heterocycles. The minimum absolute atomic E-state index is 0.0845. The molecule has 0 saturated carbocycles. The third kappa shape index (κ3) is 7.31. The number of hydrogen-bond acceptors (Lipinski definition) is 4. The van der Waals surface area contributed by atoms with Crippen molar-refractivity contribution in [3.63, 3.8) is 0 Å². The van der Waals surface area contributed by atoms with E-state index in [1.807, 2.05) is 11.0 Å². The van der Waals surface area contributed by atoms with Crippen LogP contribution in [0.3, 0.4) is 0 Å². The van der Waals surface area contributed by atoms with Gasteiger partial charge in [-0.05, 0) is 69.3 Å². The SMILES string of the molecule is CC(=O)NCCC(=O)N1CCCCN2CCCCC2CCc2cccc(c2)OCC1. The molecule has 166 valence electrons. The summed E-state index contributed by atoms with van der Waals surface area (Å²) in [5.41, 5.74) is 1.33. The molecule has 1 N–H and O–H groups in total. The number of carbonyl (C=O) groups is 2. The first-order valence-electron chi connectivity index (χ1n) is 11.6. The number of piperidine rings is 1. The van der Waals surface area contributed by atoms with Crippen LogP contribution in [0.15, 0.2) is 24.3 Å². The Hall–Kier alpha value is -2.08. The Kier molecular flexibility index (Phi) is 9.00. The first kappa shape index (κ1) is 22.6. The highest BCUT2D eigenvalue weighted by Crippen LogP contribution is 2.23. The molecule has 1 atom stereocenters. The minimum Gasteiger partial charge on any atom is -0.492 e. The lowest BCUT2D eigenvalue weighted by Gasteiger charge is -2.36. The topological polar surface area (TPSA) is 61.9 Å². The Bertz CT molecular complexity index is 694. The highest BCUT2D eigenvalue weighted by molar-refractivity contribution is 5.78. The molecule has 1 aromatic carbocycles. The predicted molar refractivity (Wildman–Crippen MR) is 119 cm³/mol. The van der Waals surface area contributed by atoms with E-state index in [2.05, 4.69) is 28.4 Å². The van der Waals surface area contributed by atoms with Gasteiger partial charge in [0.2, 0.25) is 11.8 Å². The molecule has 1 saturated heterocycles. The van der Waals surface area contributed by atoms with E-state index in [1.165, 1.54) is 44.7 Å². The quantitative estimate of drug-likeness (QED) is 0.824. The second-order valence-electron chi connectivity index (χ2n) is 8.54. The van der Waals surface area contributed by atoms with Crippen LogP contribution in [-0.4, -0.2) is 67.0 Å². The summed E-state index contributed by atoms with van der Waals surface area (Å²) in [7, 11) is 0. The monoisotopic (exact) mass is 415 g/mol. The zero-order valence-corrected chi connectivity index (χ0v) is 18.4. The number of rotatable bonds is 3. The molecule has 1 fully saturated rings. The van der Waals surface area contributed by atoms with Gasteiger partial charge in [-0.15, -0.1) is 0 Å². The van der Waals surface area contributed by atoms with Gasteiger partial charge < -0.3 is 19.9 Å². The van der Waals surface area contributed by atoms with E-state index in [0.717, 1.165) is 38.1 Å². The zero-order valence-electron chi connectivity index (χ0n) is 18.4. The van der Waals surface area contributed by atoms with Crippen LogP contribution < -0.4 is 10.1 Å². The second kappa shape index (κ2) is 11.9. The van der Waals surface area contributed by atoms with Crippen LogP contribution in [0.25, 0.3) is 0 Å². The molecule has 1 unspecified atom stereocenters. The largest absolute Gasteiger partial charge is 0.492 e. The third-order valence-corrected chi connectivity index (χ3v) is 6.23. The van der Waals surface area contributed by atoms with Crippen LogP contribution >= 0.6 is 0 Å². The molecule has 6 heteroatoms. The van der Waals surface area contributed by atoms with Gasteiger partial charge in [-0.3, -0.25) is 9.59 Å². The average molecular weight is 416 g/mol. The van der Waals surface area contributed by atoms with Gasteiger partial charge in [-0.2, -0.15) is 0 Å². The van der Waals surface area contributed by atoms with Crippen LogP contribution in [0.5, 0.6) is 5.75 Å². The number of benzene rings is 1. The van der Waals surface area contributed by atoms with Gasteiger partial charge in [0.1, 0.15) is 12.4 Å². The third-order valence-electron chi connectivity index (χ3n) is 6.23. The van der Waals surface area contributed by atoms with E-state index in [4.69, 9.17) is 4.74 Å². The fraction of sp³-hybridized carbons (Fsp3) is 0.667. The predicted octanol–water partition coefficient (Wildman–Crippen LogP) is 3.00. The fourth-order valence-corrected chi connectivity index (χ4v) is 4.56. The summed E-state index contributed by atoms with van der Waals surface area (Å²) >= 11 is 0. The van der Waals surface area contributed by atoms with Crippen molar-refractivity contribution in [1.82, 2.24) is 15.1 Å². The molecule has 0 aliphatic carbocycles. The van der Waals surface area contributed by atoms with Crippen LogP contribution in [0, 0.1) is 0 Å². The molecule has 0 spiro atoms. The Morgan fingerprint density at radius 2 is 1.87 bits per heavy atom. The molecule has 2 bridgehead atoms. The van der Waals surface area contributed by atoms with Crippen molar-refractivity contribution in [2.24, 2.45) is 0 Å². The first-order valence-corrected chi connectivity index (χ1v) is 11.6. The standard InChI is InChI=1S/C24H37N3O3/c1-20(28)25-13-12-24(29)27-16-5-4-15-26-14-3-2-8-22(26)11-10-21-7-6-9-23(19-21)30-18-17-27/h6-7,9,19,22H,2-5,8,10-18H2,1H3,(H,25,28). The van der Waals surface area contributed by atoms with Gasteiger partial charge in [-0.25, -0.2) is 0 Å². The maximum absolute atomic E-state index is 12.7. The molecule has 0 radical (unpaired) electrons. The highest BCUT2D eigenvalue weighted by atomic mass is 16.5. The number of nitrogens with zero attached hydrogens (tertiary/aromatic N) is 2. The smallest absolute Gasteiger partial charge is 0.224 e. The molecule has 2 amide bonds. The molecule has 30 heavy (non-hydrogen) atoms. The highest BCUT2D eigenvalue weighted by Gasteiger charge is 2.22. The first-order chi connectivity index (χ1) is 14.6. The number of hydrogen-bond donors (Lipinski definition) is 1. The van der Waals surface area contributed by atoms with E-state index >= 15 is 0 Å². The molecule has 6 nitrogen and oxygen atoms in total. The van der Waals surface area contributed by atoms with E-state index in [0.29, 0.717) is 32.2 Å². The Balaban J connectivity index is 1.64. The van der Waals surface area contributed by atoms with Crippen LogP contribution in [-0.2, 0) is 16.0 Å². The molecule has 1 aromatic rings. The number of ether oxygens (including phenoxy) is 1. The maximum Gasteiger partial charge on any atom is 0.224 e. The number of aryl methyl sites for hydroxylation is 1. The lowest BCUT2D eigenvalue weighted by Crippen LogP contribution is -2.41. The normalized spacial score (nSPS) is 21.5. The summed E-state index contributed by atoms with van der Waals surface area (Å²) in [5.74, 6) is 0.869. The molecule has 0 aromatic heterocycles. The van der Waals surface area contributed by atoms with Gasteiger partial charge in [-0.1, -0.05) is 18.6 Å². The van der Waals surface area contributed by atoms with Crippen molar-refractivity contribution < 1.29 is 14.3 Å². The van der Waals surface area contributed by atoms with Crippen LogP contribution in [0.1, 0.15) is 57.4 Å². The number of amides is 2. The van der Waals surface area contributed by atoms with Gasteiger partial charge in [0.25, 0.3) is 0 Å². The van der Waals surface area contributed by atoms with E-state index < -0.39 is 0 Å². The van der Waals surface area contributed by atoms with Crippen LogP contribution in [0.4, 0.5) is 0 Å². The summed E-state index contributed by atoms with van der Waals surface area (Å²) in [6, 6.07) is 9.07. The van der Waals surface area contributed by atoms with Crippen molar-refractivity contribution in [2.45, 2.75) is 64.3 Å². The lowest BCUT2D eigenvalue weighted by molar-refractivity contribution is -0.131. The fourth-order valence-electron chi connectivity index (χ4n) is 4.56. The number of nitrogens with one attached hydrogen (secondary N) is 1. The summed E-state index contributed by atoms with van der Waals surface area (Å²) in [6.07, 6.45) is 8.68. The van der Waals surface area contributed by atoms with Crippen molar-refractivity contribution in [1.29, 1.82) is 0 Å². The van der Waals surface area contributed by atoms with Gasteiger partial charge in [0.05, 0.1) is 6.54 Å². The summed E-state index contributed by atoms with van der Waals surface area (Å²) < 4.78 is 5.98. The minimum atomic E-state index is -0.0980.